The highest BCUT2D eigenvalue weighted by molar-refractivity contribution is 9.09. The monoisotopic (exact) mass is 201 g/mol. The lowest BCUT2D eigenvalue weighted by atomic mass is 10.3. The van der Waals surface area contributed by atoms with Crippen LogP contribution in [0.3, 0.4) is 0 Å². The third-order valence-corrected chi connectivity index (χ3v) is 1.50. The van der Waals surface area contributed by atoms with Gasteiger partial charge in [-0.15, -0.1) is 0 Å². The first-order valence-corrected chi connectivity index (χ1v) is 4.07. The molecule has 4 heteroatoms. The Kier molecular flexibility index (Phi) is 2.62. The van der Waals surface area contributed by atoms with Crippen molar-refractivity contribution in [3.8, 4) is 0 Å². The molecule has 1 heterocycles. The molecule has 10 heavy (non-hydrogen) atoms. The minimum atomic E-state index is 0.332. The fourth-order valence-electron chi connectivity index (χ4n) is 0.603. The molecule has 0 fully saturated rings. The number of nitrogen functional groups attached to an aromatic ring is 1. The third-order valence-electron chi connectivity index (χ3n) is 1.11. The Labute approximate surface area is 67.8 Å². The molecule has 0 spiro atoms. The van der Waals surface area contributed by atoms with Crippen LogP contribution in [0.1, 0.15) is 5.56 Å². The molecule has 0 radical (unpaired) electrons. The fraction of sp³-hybridized carbons (Fsp3) is 0.333. The number of hydrogen-bond acceptors (Lipinski definition) is 3. The molecule has 0 saturated heterocycles. The van der Waals surface area contributed by atoms with E-state index in [1.165, 1.54) is 0 Å². The van der Waals surface area contributed by atoms with Crippen molar-refractivity contribution >= 4 is 21.9 Å². The number of halogens is 1. The average Bonchev–Trinajstić information content (AvgIpc) is 1.95. The molecule has 0 bridgehead atoms. The lowest BCUT2D eigenvalue weighted by Crippen LogP contribution is -1.95. The lowest BCUT2D eigenvalue weighted by Gasteiger charge is -1.94. The van der Waals surface area contributed by atoms with E-state index in [2.05, 4.69) is 25.9 Å². The zero-order valence-corrected chi connectivity index (χ0v) is 7.00. The van der Waals surface area contributed by atoms with Crippen molar-refractivity contribution in [2.45, 2.75) is 6.42 Å². The highest BCUT2D eigenvalue weighted by Gasteiger charge is 1.91. The van der Waals surface area contributed by atoms with Crippen molar-refractivity contribution in [3.05, 3.63) is 18.0 Å². The van der Waals surface area contributed by atoms with Crippen molar-refractivity contribution in [1.29, 1.82) is 0 Å². The smallest absolute Gasteiger partial charge is 0.219 e. The Morgan fingerprint density at radius 1 is 1.40 bits per heavy atom. The first-order chi connectivity index (χ1) is 4.83. The number of nitrogens with two attached hydrogens (primary N) is 1. The zero-order chi connectivity index (χ0) is 7.40. The maximum atomic E-state index is 5.29. The molecule has 3 nitrogen and oxygen atoms in total. The van der Waals surface area contributed by atoms with E-state index in [4.69, 9.17) is 5.73 Å². The van der Waals surface area contributed by atoms with Gasteiger partial charge in [0.1, 0.15) is 0 Å². The summed E-state index contributed by atoms with van der Waals surface area (Å²) in [4.78, 5) is 7.69. The van der Waals surface area contributed by atoms with E-state index >= 15 is 0 Å². The summed E-state index contributed by atoms with van der Waals surface area (Å²) in [5.41, 5.74) is 6.39. The first-order valence-electron chi connectivity index (χ1n) is 2.95. The van der Waals surface area contributed by atoms with E-state index < -0.39 is 0 Å². The van der Waals surface area contributed by atoms with Crippen LogP contribution in [0.2, 0.25) is 0 Å². The van der Waals surface area contributed by atoms with Gasteiger partial charge in [0.05, 0.1) is 0 Å². The lowest BCUT2D eigenvalue weighted by molar-refractivity contribution is 1.07. The number of alkyl halides is 1. The first kappa shape index (κ1) is 7.47. The van der Waals surface area contributed by atoms with Crippen LogP contribution in [0.15, 0.2) is 12.4 Å². The van der Waals surface area contributed by atoms with Gasteiger partial charge >= 0.3 is 0 Å². The molecule has 54 valence electrons. The van der Waals surface area contributed by atoms with Crippen molar-refractivity contribution < 1.29 is 0 Å². The van der Waals surface area contributed by atoms with Gasteiger partial charge in [0.2, 0.25) is 5.95 Å². The van der Waals surface area contributed by atoms with Crippen LogP contribution in [0.25, 0.3) is 0 Å². The Bertz CT molecular complexity index is 197. The molecular formula is C6H8BrN3. The Balaban J connectivity index is 2.69. The number of hydrogen-bond donors (Lipinski definition) is 1. The fourth-order valence-corrected chi connectivity index (χ4v) is 1.06. The van der Waals surface area contributed by atoms with Gasteiger partial charge in [-0.2, -0.15) is 0 Å². The van der Waals surface area contributed by atoms with Crippen LogP contribution >= 0.6 is 15.9 Å². The Morgan fingerprint density at radius 2 is 2.00 bits per heavy atom. The highest BCUT2D eigenvalue weighted by Crippen LogP contribution is 1.99. The molecular weight excluding hydrogens is 194 g/mol. The summed E-state index contributed by atoms with van der Waals surface area (Å²) in [5.74, 6) is 0.332. The predicted molar refractivity (Wildman–Crippen MR) is 43.9 cm³/mol. The largest absolute Gasteiger partial charge is 0.368 e. The molecule has 0 aliphatic heterocycles. The van der Waals surface area contributed by atoms with Crippen LogP contribution < -0.4 is 5.73 Å². The number of nitrogens with zero attached hydrogens (tertiary/aromatic N) is 2. The molecule has 1 aromatic heterocycles. The van der Waals surface area contributed by atoms with Crippen molar-refractivity contribution in [2.24, 2.45) is 0 Å². The van der Waals surface area contributed by atoms with Gasteiger partial charge in [0.25, 0.3) is 0 Å². The van der Waals surface area contributed by atoms with Gasteiger partial charge in [0.15, 0.2) is 0 Å². The van der Waals surface area contributed by atoms with E-state index in [0.717, 1.165) is 17.3 Å². The molecule has 1 rings (SSSR count). The van der Waals surface area contributed by atoms with E-state index in [-0.39, 0.29) is 0 Å². The van der Waals surface area contributed by atoms with Gasteiger partial charge in [-0.05, 0) is 12.0 Å². The average molecular weight is 202 g/mol. The third kappa shape index (κ3) is 1.95. The second kappa shape index (κ2) is 3.51. The van der Waals surface area contributed by atoms with E-state index in [9.17, 15) is 0 Å². The van der Waals surface area contributed by atoms with Crippen LogP contribution in [-0.2, 0) is 6.42 Å². The molecule has 0 unspecified atom stereocenters. The van der Waals surface area contributed by atoms with Crippen molar-refractivity contribution in [2.75, 3.05) is 11.1 Å². The minimum Gasteiger partial charge on any atom is -0.368 e. The Hall–Kier alpha value is -0.640. The minimum absolute atomic E-state index is 0.332. The standard InChI is InChI=1S/C6H8BrN3/c7-2-1-5-3-9-6(8)10-4-5/h3-4H,1-2H2,(H2,8,9,10). The zero-order valence-electron chi connectivity index (χ0n) is 5.42. The number of aryl methyl sites for hydroxylation is 1. The predicted octanol–water partition coefficient (Wildman–Crippen LogP) is 0.996. The second-order valence-electron chi connectivity index (χ2n) is 1.89. The van der Waals surface area contributed by atoms with Crippen LogP contribution in [0.5, 0.6) is 0 Å². The van der Waals surface area contributed by atoms with E-state index in [1.807, 2.05) is 0 Å². The summed E-state index contributed by atoms with van der Waals surface area (Å²) in [6.07, 6.45) is 4.42. The second-order valence-corrected chi connectivity index (χ2v) is 2.68. The van der Waals surface area contributed by atoms with Crippen LogP contribution in [-0.4, -0.2) is 15.3 Å². The molecule has 0 aromatic carbocycles. The van der Waals surface area contributed by atoms with E-state index in [1.54, 1.807) is 12.4 Å². The summed E-state index contributed by atoms with van der Waals surface area (Å²) in [6.45, 7) is 0. The number of anilines is 1. The molecule has 0 amide bonds. The van der Waals surface area contributed by atoms with Gasteiger partial charge in [0, 0.05) is 17.7 Å². The normalized spacial score (nSPS) is 9.70. The summed E-state index contributed by atoms with van der Waals surface area (Å²) < 4.78 is 0. The van der Waals surface area contributed by atoms with Gasteiger partial charge in [-0.1, -0.05) is 15.9 Å². The molecule has 1 aromatic rings. The van der Waals surface area contributed by atoms with Crippen LogP contribution in [0, 0.1) is 0 Å². The summed E-state index contributed by atoms with van der Waals surface area (Å²) in [5, 5.41) is 0.931. The quantitative estimate of drug-likeness (QED) is 0.727. The Morgan fingerprint density at radius 3 is 2.50 bits per heavy atom. The summed E-state index contributed by atoms with van der Waals surface area (Å²) in [6, 6.07) is 0. The summed E-state index contributed by atoms with van der Waals surface area (Å²) >= 11 is 3.32. The van der Waals surface area contributed by atoms with Gasteiger partial charge in [-0.3, -0.25) is 0 Å². The summed E-state index contributed by atoms with van der Waals surface area (Å²) in [7, 11) is 0. The maximum Gasteiger partial charge on any atom is 0.219 e. The van der Waals surface area contributed by atoms with Gasteiger partial charge in [-0.25, -0.2) is 9.97 Å². The number of rotatable bonds is 2. The van der Waals surface area contributed by atoms with Gasteiger partial charge < -0.3 is 5.73 Å². The number of aromatic nitrogens is 2. The maximum absolute atomic E-state index is 5.29. The topological polar surface area (TPSA) is 51.8 Å². The molecule has 0 saturated carbocycles. The SMILES string of the molecule is Nc1ncc(CCBr)cn1. The molecule has 0 atom stereocenters. The highest BCUT2D eigenvalue weighted by atomic mass is 79.9. The van der Waals surface area contributed by atoms with Crippen molar-refractivity contribution in [3.63, 3.8) is 0 Å². The van der Waals surface area contributed by atoms with E-state index in [0.29, 0.717) is 5.95 Å². The van der Waals surface area contributed by atoms with Crippen molar-refractivity contribution in [1.82, 2.24) is 9.97 Å². The molecule has 2 N–H and O–H groups in total. The molecule has 0 aliphatic rings. The van der Waals surface area contributed by atoms with Crippen LogP contribution in [0.4, 0.5) is 5.95 Å². The molecule has 0 aliphatic carbocycles.